The van der Waals surface area contributed by atoms with Crippen LogP contribution < -0.4 is 10.2 Å². The number of rotatable bonds is 7. The summed E-state index contributed by atoms with van der Waals surface area (Å²) in [5.41, 5.74) is 0.178. The number of halogens is 1. The summed E-state index contributed by atoms with van der Waals surface area (Å²) in [6, 6.07) is 6.14. The van der Waals surface area contributed by atoms with Gasteiger partial charge in [0.1, 0.15) is 5.82 Å². The Morgan fingerprint density at radius 3 is 2.64 bits per heavy atom. The molecule has 1 atom stereocenters. The molecule has 1 aromatic heterocycles. The zero-order valence-corrected chi connectivity index (χ0v) is 17.2. The molecule has 3 rings (SSSR count). The van der Waals surface area contributed by atoms with Gasteiger partial charge in [-0.05, 0) is 25.0 Å². The summed E-state index contributed by atoms with van der Waals surface area (Å²) in [6.07, 6.45) is 0. The highest BCUT2D eigenvalue weighted by atomic mass is 32.2. The highest BCUT2D eigenvalue weighted by Crippen LogP contribution is 2.28. The van der Waals surface area contributed by atoms with Gasteiger partial charge < -0.3 is 15.0 Å². The molecule has 1 unspecified atom stereocenters. The molecule has 152 valence electrons. The van der Waals surface area contributed by atoms with Crippen molar-refractivity contribution in [2.24, 2.45) is 5.92 Å². The van der Waals surface area contributed by atoms with E-state index in [0.29, 0.717) is 24.3 Å². The Hall–Kier alpha value is -2.13. The maximum atomic E-state index is 13.8. The predicted octanol–water partition coefficient (Wildman–Crippen LogP) is 3.03. The maximum absolute atomic E-state index is 13.8. The molecule has 28 heavy (non-hydrogen) atoms. The molecule has 1 amide bonds. The van der Waals surface area contributed by atoms with Crippen LogP contribution in [-0.2, 0) is 16.1 Å². The van der Waals surface area contributed by atoms with Gasteiger partial charge in [0.25, 0.3) is 0 Å². The number of nitrogens with one attached hydrogen (secondary N) is 1. The van der Waals surface area contributed by atoms with Gasteiger partial charge in [0.05, 0.1) is 24.2 Å². The van der Waals surface area contributed by atoms with E-state index < -0.39 is 11.1 Å². The molecule has 9 heteroatoms. The summed E-state index contributed by atoms with van der Waals surface area (Å²) in [5, 5.41) is 11.6. The van der Waals surface area contributed by atoms with Crippen LogP contribution in [0.1, 0.15) is 20.8 Å². The Labute approximate surface area is 168 Å². The number of para-hydroxylation sites is 1. The van der Waals surface area contributed by atoms with E-state index in [0.717, 1.165) is 25.6 Å². The van der Waals surface area contributed by atoms with Crippen molar-refractivity contribution in [2.75, 3.05) is 36.5 Å². The minimum atomic E-state index is -0.453. The molecule has 1 aliphatic rings. The SMILES string of the molecule is CC(C)Cn1c(SC(C)C(=O)Nc2ccccc2F)nnc1N1CCOCC1. The number of ether oxygens (including phenoxy) is 1. The van der Waals surface area contributed by atoms with Gasteiger partial charge in [-0.3, -0.25) is 9.36 Å². The Bertz CT molecular complexity index is 807. The molecule has 1 fully saturated rings. The van der Waals surface area contributed by atoms with Crippen molar-refractivity contribution in [1.29, 1.82) is 0 Å². The third kappa shape index (κ3) is 5.02. The standard InChI is InChI=1S/C19H26FN5O2S/c1-13(2)12-25-18(24-8-10-27-11-9-24)22-23-19(25)28-14(3)17(26)21-16-7-5-4-6-15(16)20/h4-7,13-14H,8-12H2,1-3H3,(H,21,26). The van der Waals surface area contributed by atoms with Crippen molar-refractivity contribution in [3.8, 4) is 0 Å². The van der Waals surface area contributed by atoms with Gasteiger partial charge in [-0.2, -0.15) is 0 Å². The highest BCUT2D eigenvalue weighted by Gasteiger charge is 2.24. The van der Waals surface area contributed by atoms with Crippen LogP contribution in [0.5, 0.6) is 0 Å². The lowest BCUT2D eigenvalue weighted by Crippen LogP contribution is -2.38. The average molecular weight is 408 g/mol. The van der Waals surface area contributed by atoms with Crippen LogP contribution in [-0.4, -0.2) is 52.2 Å². The van der Waals surface area contributed by atoms with Gasteiger partial charge in [-0.25, -0.2) is 4.39 Å². The summed E-state index contributed by atoms with van der Waals surface area (Å²) in [5.74, 6) is 0.478. The number of amides is 1. The number of hydrogen-bond donors (Lipinski definition) is 1. The Morgan fingerprint density at radius 2 is 1.96 bits per heavy atom. The van der Waals surface area contributed by atoms with E-state index in [-0.39, 0.29) is 11.6 Å². The highest BCUT2D eigenvalue weighted by molar-refractivity contribution is 8.00. The van der Waals surface area contributed by atoms with E-state index >= 15 is 0 Å². The predicted molar refractivity (Wildman–Crippen MR) is 108 cm³/mol. The second-order valence-electron chi connectivity index (χ2n) is 7.12. The van der Waals surface area contributed by atoms with Gasteiger partial charge in [0, 0.05) is 19.6 Å². The third-order valence-corrected chi connectivity index (χ3v) is 5.40. The zero-order chi connectivity index (χ0) is 20.1. The van der Waals surface area contributed by atoms with Crippen molar-refractivity contribution in [3.05, 3.63) is 30.1 Å². The Balaban J connectivity index is 1.74. The normalized spacial score (nSPS) is 15.7. The molecule has 1 N–H and O–H groups in total. The number of carbonyl (C=O) groups is 1. The molecule has 0 aliphatic carbocycles. The first-order chi connectivity index (χ1) is 13.5. The van der Waals surface area contributed by atoms with Crippen molar-refractivity contribution in [1.82, 2.24) is 14.8 Å². The minimum absolute atomic E-state index is 0.178. The number of carbonyl (C=O) groups excluding carboxylic acids is 1. The number of hydrogen-bond acceptors (Lipinski definition) is 6. The van der Waals surface area contributed by atoms with E-state index in [9.17, 15) is 9.18 Å². The van der Waals surface area contributed by atoms with Crippen LogP contribution in [0.25, 0.3) is 0 Å². The molecule has 2 aromatic rings. The molecule has 1 aromatic carbocycles. The van der Waals surface area contributed by atoms with Crippen LogP contribution >= 0.6 is 11.8 Å². The number of aromatic nitrogens is 3. The molecular weight excluding hydrogens is 381 g/mol. The molecule has 2 heterocycles. The molecule has 7 nitrogen and oxygen atoms in total. The van der Waals surface area contributed by atoms with E-state index in [4.69, 9.17) is 4.74 Å². The van der Waals surface area contributed by atoms with Crippen LogP contribution in [0.15, 0.2) is 29.4 Å². The fourth-order valence-corrected chi connectivity index (χ4v) is 3.75. The van der Waals surface area contributed by atoms with E-state index in [2.05, 4.69) is 38.8 Å². The fraction of sp³-hybridized carbons (Fsp3) is 0.526. The van der Waals surface area contributed by atoms with Crippen molar-refractivity contribution in [2.45, 2.75) is 37.7 Å². The molecule has 1 aliphatic heterocycles. The second kappa shape index (κ2) is 9.38. The van der Waals surface area contributed by atoms with Crippen molar-refractivity contribution in [3.63, 3.8) is 0 Å². The Kier molecular flexibility index (Phi) is 6.90. The van der Waals surface area contributed by atoms with E-state index in [1.54, 1.807) is 25.1 Å². The lowest BCUT2D eigenvalue weighted by Gasteiger charge is -2.28. The zero-order valence-electron chi connectivity index (χ0n) is 16.4. The molecule has 0 bridgehead atoms. The average Bonchev–Trinajstić information content (AvgIpc) is 3.06. The molecular formula is C19H26FN5O2S. The number of anilines is 2. The summed E-state index contributed by atoms with van der Waals surface area (Å²) in [4.78, 5) is 14.7. The largest absolute Gasteiger partial charge is 0.378 e. The second-order valence-corrected chi connectivity index (χ2v) is 8.42. The van der Waals surface area contributed by atoms with Gasteiger partial charge in [0.15, 0.2) is 5.16 Å². The fourth-order valence-electron chi connectivity index (χ4n) is 2.90. The molecule has 0 saturated carbocycles. The van der Waals surface area contributed by atoms with Crippen LogP contribution in [0.3, 0.4) is 0 Å². The minimum Gasteiger partial charge on any atom is -0.378 e. The Morgan fingerprint density at radius 1 is 1.25 bits per heavy atom. The number of morpholine rings is 1. The van der Waals surface area contributed by atoms with Gasteiger partial charge in [-0.15, -0.1) is 10.2 Å². The monoisotopic (exact) mass is 407 g/mol. The smallest absolute Gasteiger partial charge is 0.237 e. The quantitative estimate of drug-likeness (QED) is 0.712. The van der Waals surface area contributed by atoms with E-state index in [1.165, 1.54) is 17.8 Å². The lowest BCUT2D eigenvalue weighted by molar-refractivity contribution is -0.115. The van der Waals surface area contributed by atoms with Gasteiger partial charge in [0.2, 0.25) is 11.9 Å². The summed E-state index contributed by atoms with van der Waals surface area (Å²) >= 11 is 1.33. The first-order valence-electron chi connectivity index (χ1n) is 9.43. The van der Waals surface area contributed by atoms with Crippen LogP contribution in [0, 0.1) is 11.7 Å². The van der Waals surface area contributed by atoms with Crippen molar-refractivity contribution >= 4 is 29.3 Å². The van der Waals surface area contributed by atoms with Crippen LogP contribution in [0.2, 0.25) is 0 Å². The first kappa shape index (κ1) is 20.6. The number of benzene rings is 1. The molecule has 1 saturated heterocycles. The maximum Gasteiger partial charge on any atom is 0.237 e. The summed E-state index contributed by atoms with van der Waals surface area (Å²) < 4.78 is 21.3. The topological polar surface area (TPSA) is 72.3 Å². The number of thioether (sulfide) groups is 1. The van der Waals surface area contributed by atoms with Gasteiger partial charge >= 0.3 is 0 Å². The molecule has 0 spiro atoms. The summed E-state index contributed by atoms with van der Waals surface area (Å²) in [7, 11) is 0. The number of nitrogens with zero attached hydrogens (tertiary/aromatic N) is 4. The molecule has 0 radical (unpaired) electrons. The van der Waals surface area contributed by atoms with E-state index in [1.807, 2.05) is 0 Å². The first-order valence-corrected chi connectivity index (χ1v) is 10.3. The lowest BCUT2D eigenvalue weighted by atomic mass is 10.2. The van der Waals surface area contributed by atoms with Gasteiger partial charge in [-0.1, -0.05) is 37.7 Å². The summed E-state index contributed by atoms with van der Waals surface area (Å²) in [6.45, 7) is 9.66. The van der Waals surface area contributed by atoms with Crippen LogP contribution in [0.4, 0.5) is 16.0 Å². The van der Waals surface area contributed by atoms with Crippen molar-refractivity contribution < 1.29 is 13.9 Å². The third-order valence-electron chi connectivity index (χ3n) is 4.32.